The van der Waals surface area contributed by atoms with Crippen LogP contribution < -0.4 is 0 Å². The summed E-state index contributed by atoms with van der Waals surface area (Å²) in [5.74, 6) is 0.384. The predicted octanol–water partition coefficient (Wildman–Crippen LogP) is 2.62. The monoisotopic (exact) mass is 220 g/mol. The fourth-order valence-corrected chi connectivity index (χ4v) is 0.970. The van der Waals surface area contributed by atoms with Crippen molar-refractivity contribution in [3.63, 3.8) is 0 Å². The molecule has 0 heterocycles. The van der Waals surface area contributed by atoms with Crippen molar-refractivity contribution < 1.29 is 4.58 Å². The summed E-state index contributed by atoms with van der Waals surface area (Å²) in [5.41, 5.74) is 2.07. The van der Waals surface area contributed by atoms with E-state index in [4.69, 9.17) is 5.41 Å². The number of allylic oxidation sites excluding steroid dienone is 2. The topological polar surface area (TPSA) is 30.1 Å². The Bertz CT molecular complexity index is 348. The summed E-state index contributed by atoms with van der Waals surface area (Å²) < 4.78 is 2.00. The van der Waals surface area contributed by atoms with Gasteiger partial charge < -0.3 is 0 Å². The van der Waals surface area contributed by atoms with E-state index in [0.29, 0.717) is 12.5 Å². The fraction of sp³-hybridized carbons (Fsp3) is 0.385. The van der Waals surface area contributed by atoms with E-state index in [-0.39, 0.29) is 0 Å². The van der Waals surface area contributed by atoms with Crippen LogP contribution in [0.4, 0.5) is 0 Å². The maximum atomic E-state index is 7.79. The Kier molecular flexibility index (Phi) is 6.08. The SMILES string of the molecule is C=CC(=N)N(/C=C(\C)C(=C)C)C/[N+](C)=C\C. The molecule has 16 heavy (non-hydrogen) atoms. The van der Waals surface area contributed by atoms with Crippen molar-refractivity contribution >= 4 is 12.1 Å². The van der Waals surface area contributed by atoms with Gasteiger partial charge in [-0.2, -0.15) is 0 Å². The summed E-state index contributed by atoms with van der Waals surface area (Å²) in [5, 5.41) is 7.79. The molecule has 0 rings (SSSR count). The third kappa shape index (κ3) is 4.73. The largest absolute Gasteiger partial charge is 0.284 e. The minimum atomic E-state index is 0.384. The first-order valence-electron chi connectivity index (χ1n) is 5.24. The molecule has 1 N–H and O–H groups in total. The van der Waals surface area contributed by atoms with Crippen LogP contribution in [0.15, 0.2) is 36.6 Å². The Balaban J connectivity index is 4.96. The van der Waals surface area contributed by atoms with Gasteiger partial charge in [-0.1, -0.05) is 18.7 Å². The lowest BCUT2D eigenvalue weighted by Crippen LogP contribution is -2.31. The number of hydrogen-bond donors (Lipinski definition) is 1. The van der Waals surface area contributed by atoms with Gasteiger partial charge in [-0.15, -0.1) is 0 Å². The zero-order valence-electron chi connectivity index (χ0n) is 10.7. The van der Waals surface area contributed by atoms with Gasteiger partial charge in [0.25, 0.3) is 0 Å². The van der Waals surface area contributed by atoms with Crippen molar-refractivity contribution in [3.8, 4) is 0 Å². The number of rotatable bonds is 5. The highest BCUT2D eigenvalue weighted by atomic mass is 15.3. The van der Waals surface area contributed by atoms with Gasteiger partial charge >= 0.3 is 0 Å². The van der Waals surface area contributed by atoms with E-state index >= 15 is 0 Å². The van der Waals surface area contributed by atoms with Crippen LogP contribution in [-0.4, -0.2) is 35.2 Å². The maximum Gasteiger partial charge on any atom is 0.222 e. The lowest BCUT2D eigenvalue weighted by molar-refractivity contribution is -0.508. The average Bonchev–Trinajstić information content (AvgIpc) is 2.26. The standard InChI is InChI=1S/C13H22N3/c1-7-13(14)16(10-15(6)8-2)9-12(5)11(3)4/h7-9,14H,1,3,10H2,2,4-6H3/q+1/b12-9+,14-13?,15-8-. The van der Waals surface area contributed by atoms with Gasteiger partial charge in [0.1, 0.15) is 19.1 Å². The molecule has 0 radical (unpaired) electrons. The molecule has 0 aromatic heterocycles. The average molecular weight is 220 g/mol. The van der Waals surface area contributed by atoms with E-state index in [1.54, 1.807) is 0 Å². The Hall–Kier alpha value is -1.64. The van der Waals surface area contributed by atoms with Crippen LogP contribution in [-0.2, 0) is 0 Å². The van der Waals surface area contributed by atoms with Crippen LogP contribution >= 0.6 is 0 Å². The van der Waals surface area contributed by atoms with Gasteiger partial charge in [-0.25, -0.2) is 4.58 Å². The molecule has 3 nitrogen and oxygen atoms in total. The minimum Gasteiger partial charge on any atom is -0.284 e. The van der Waals surface area contributed by atoms with Crippen molar-refractivity contribution in [2.75, 3.05) is 13.7 Å². The second-order valence-electron chi connectivity index (χ2n) is 3.81. The molecule has 0 saturated heterocycles. The van der Waals surface area contributed by atoms with E-state index in [0.717, 1.165) is 11.1 Å². The smallest absolute Gasteiger partial charge is 0.222 e. The fourth-order valence-electron chi connectivity index (χ4n) is 0.970. The Labute approximate surface area is 98.6 Å². The normalized spacial score (nSPS) is 12.2. The van der Waals surface area contributed by atoms with Gasteiger partial charge in [0.2, 0.25) is 6.67 Å². The van der Waals surface area contributed by atoms with E-state index in [1.165, 1.54) is 6.08 Å². The van der Waals surface area contributed by atoms with E-state index in [9.17, 15) is 0 Å². The minimum absolute atomic E-state index is 0.384. The van der Waals surface area contributed by atoms with Crippen LogP contribution in [0.3, 0.4) is 0 Å². The third-order valence-electron chi connectivity index (χ3n) is 2.34. The van der Waals surface area contributed by atoms with Crippen molar-refractivity contribution in [2.45, 2.75) is 20.8 Å². The number of amidine groups is 1. The molecule has 0 aromatic rings. The third-order valence-corrected chi connectivity index (χ3v) is 2.34. The molecule has 0 aliphatic heterocycles. The highest BCUT2D eigenvalue weighted by molar-refractivity contribution is 5.90. The molecule has 0 aliphatic carbocycles. The number of hydrogen-bond acceptors (Lipinski definition) is 1. The zero-order valence-corrected chi connectivity index (χ0v) is 10.7. The van der Waals surface area contributed by atoms with E-state index in [2.05, 4.69) is 13.2 Å². The second kappa shape index (κ2) is 6.77. The summed E-state index contributed by atoms with van der Waals surface area (Å²) in [7, 11) is 1.97. The summed E-state index contributed by atoms with van der Waals surface area (Å²) in [6.45, 7) is 14.0. The first kappa shape index (κ1) is 14.4. The molecule has 0 atom stereocenters. The molecule has 0 saturated carbocycles. The molecule has 0 spiro atoms. The van der Waals surface area contributed by atoms with Crippen LogP contribution in [0.25, 0.3) is 0 Å². The summed E-state index contributed by atoms with van der Waals surface area (Å²) >= 11 is 0. The van der Waals surface area contributed by atoms with Crippen molar-refractivity contribution in [1.82, 2.24) is 4.90 Å². The van der Waals surface area contributed by atoms with Crippen molar-refractivity contribution in [3.05, 3.63) is 36.6 Å². The van der Waals surface area contributed by atoms with Gasteiger partial charge in [-0.3, -0.25) is 10.3 Å². The first-order chi connectivity index (χ1) is 7.42. The van der Waals surface area contributed by atoms with Crippen LogP contribution in [0.1, 0.15) is 20.8 Å². The lowest BCUT2D eigenvalue weighted by atomic mass is 10.2. The summed E-state index contributed by atoms with van der Waals surface area (Å²) in [6.07, 6.45) is 5.42. The van der Waals surface area contributed by atoms with Crippen LogP contribution in [0.2, 0.25) is 0 Å². The van der Waals surface area contributed by atoms with Crippen molar-refractivity contribution in [1.29, 1.82) is 5.41 Å². The summed E-state index contributed by atoms with van der Waals surface area (Å²) in [4.78, 5) is 1.83. The molecule has 0 fully saturated rings. The Morgan fingerprint density at radius 2 is 2.00 bits per heavy atom. The molecule has 0 amide bonds. The predicted molar refractivity (Wildman–Crippen MR) is 71.1 cm³/mol. The van der Waals surface area contributed by atoms with Gasteiger partial charge in [-0.05, 0) is 25.5 Å². The van der Waals surface area contributed by atoms with Crippen LogP contribution in [0.5, 0.6) is 0 Å². The van der Waals surface area contributed by atoms with Crippen LogP contribution in [0, 0.1) is 5.41 Å². The van der Waals surface area contributed by atoms with Gasteiger partial charge in [0, 0.05) is 13.1 Å². The lowest BCUT2D eigenvalue weighted by Gasteiger charge is -2.17. The molecule has 3 heteroatoms. The molecule has 88 valence electrons. The molecule has 0 bridgehead atoms. The summed E-state index contributed by atoms with van der Waals surface area (Å²) in [6, 6.07) is 0. The van der Waals surface area contributed by atoms with Crippen molar-refractivity contribution in [2.24, 2.45) is 0 Å². The number of nitrogens with one attached hydrogen (secondary N) is 1. The molecule has 0 unspecified atom stereocenters. The van der Waals surface area contributed by atoms with Gasteiger partial charge in [0.15, 0.2) is 0 Å². The highest BCUT2D eigenvalue weighted by Gasteiger charge is 2.08. The Morgan fingerprint density at radius 3 is 2.38 bits per heavy atom. The second-order valence-corrected chi connectivity index (χ2v) is 3.81. The van der Waals surface area contributed by atoms with Gasteiger partial charge in [0.05, 0.1) is 0 Å². The highest BCUT2D eigenvalue weighted by Crippen LogP contribution is 2.07. The molecular weight excluding hydrogens is 198 g/mol. The first-order valence-corrected chi connectivity index (χ1v) is 5.24. The quantitative estimate of drug-likeness (QED) is 0.249. The van der Waals surface area contributed by atoms with E-state index < -0.39 is 0 Å². The van der Waals surface area contributed by atoms with E-state index in [1.807, 2.05) is 49.7 Å². The number of nitrogens with zero attached hydrogens (tertiary/aromatic N) is 2. The molecule has 0 aliphatic rings. The molecular formula is C13H22N3+. The maximum absolute atomic E-state index is 7.79. The Morgan fingerprint density at radius 1 is 1.44 bits per heavy atom. The zero-order chi connectivity index (χ0) is 12.7. The molecule has 0 aromatic carbocycles.